The summed E-state index contributed by atoms with van der Waals surface area (Å²) in [6, 6.07) is 8.98. The lowest BCUT2D eigenvalue weighted by molar-refractivity contribution is 0.594. The lowest BCUT2D eigenvalue weighted by Gasteiger charge is -2.05. The van der Waals surface area contributed by atoms with Gasteiger partial charge in [0.15, 0.2) is 0 Å². The Labute approximate surface area is 126 Å². The van der Waals surface area contributed by atoms with Crippen LogP contribution in [0.3, 0.4) is 0 Å². The van der Waals surface area contributed by atoms with Gasteiger partial charge >= 0.3 is 0 Å². The zero-order valence-electron chi connectivity index (χ0n) is 12.6. The Kier molecular flexibility index (Phi) is 3.81. The zero-order chi connectivity index (χ0) is 15.8. The van der Waals surface area contributed by atoms with E-state index in [0.717, 1.165) is 5.56 Å². The molecule has 0 amide bonds. The van der Waals surface area contributed by atoms with Gasteiger partial charge in [-0.3, -0.25) is 0 Å². The van der Waals surface area contributed by atoms with Crippen molar-refractivity contribution in [3.05, 3.63) is 29.8 Å². The lowest BCUT2D eigenvalue weighted by atomic mass is 10.0. The largest absolute Gasteiger partial charge is 0.368 e. The molecule has 1 fully saturated rings. The van der Waals surface area contributed by atoms with Gasteiger partial charge in [0.1, 0.15) is 6.34 Å². The predicted molar refractivity (Wildman–Crippen MR) is 81.4 cm³/mol. The van der Waals surface area contributed by atoms with Gasteiger partial charge in [0.25, 0.3) is 10.0 Å². The second-order valence-electron chi connectivity index (χ2n) is 6.13. The Morgan fingerprint density at radius 1 is 1.29 bits per heavy atom. The third-order valence-corrected chi connectivity index (χ3v) is 5.16. The van der Waals surface area contributed by atoms with E-state index in [9.17, 15) is 8.42 Å². The van der Waals surface area contributed by atoms with E-state index in [1.807, 2.05) is 0 Å². The number of hydrogen-bond acceptors (Lipinski definition) is 3. The van der Waals surface area contributed by atoms with Crippen molar-refractivity contribution in [3.8, 4) is 6.07 Å². The molecular formula is C15H19N3O2S. The molecule has 21 heavy (non-hydrogen) atoms. The molecule has 0 heterocycles. The number of rotatable bonds is 4. The minimum absolute atomic E-state index is 0.00767. The Bertz CT molecular complexity index is 697. The van der Waals surface area contributed by atoms with Crippen LogP contribution in [0.4, 0.5) is 0 Å². The summed E-state index contributed by atoms with van der Waals surface area (Å²) in [6.07, 6.45) is 1.26. The number of nitriles is 1. The molecule has 6 heteroatoms. The molecule has 0 bridgehead atoms. The fourth-order valence-electron chi connectivity index (χ4n) is 2.57. The van der Waals surface area contributed by atoms with Crippen molar-refractivity contribution < 1.29 is 8.42 Å². The molecule has 2 rings (SSSR count). The standard InChI is InChI=1S/C15H19N3O2S/c1-15(2)13(9-16)14(15)11-5-7-12(8-6-11)21(19,20)17-10-18(3)4/h5-8,10,13-14H,1-4H3/b17-10+/t13-,14-/m1/s1. The quantitative estimate of drug-likeness (QED) is 0.631. The summed E-state index contributed by atoms with van der Waals surface area (Å²) in [6.45, 7) is 4.11. The first-order valence-electron chi connectivity index (χ1n) is 6.66. The van der Waals surface area contributed by atoms with Crippen LogP contribution in [-0.2, 0) is 10.0 Å². The summed E-state index contributed by atoms with van der Waals surface area (Å²) in [5.74, 6) is 0.163. The molecule has 0 aliphatic heterocycles. The monoisotopic (exact) mass is 305 g/mol. The Morgan fingerprint density at radius 3 is 2.29 bits per heavy atom. The molecule has 0 saturated heterocycles. The highest BCUT2D eigenvalue weighted by molar-refractivity contribution is 7.90. The first-order valence-corrected chi connectivity index (χ1v) is 8.10. The molecule has 1 saturated carbocycles. The van der Waals surface area contributed by atoms with Crippen molar-refractivity contribution in [2.45, 2.75) is 24.7 Å². The van der Waals surface area contributed by atoms with E-state index >= 15 is 0 Å². The highest BCUT2D eigenvalue weighted by Gasteiger charge is 2.58. The van der Waals surface area contributed by atoms with Gasteiger partial charge in [-0.1, -0.05) is 26.0 Å². The van der Waals surface area contributed by atoms with Crippen LogP contribution >= 0.6 is 0 Å². The molecule has 0 aromatic heterocycles. The molecule has 2 atom stereocenters. The van der Waals surface area contributed by atoms with Crippen molar-refractivity contribution in [1.29, 1.82) is 5.26 Å². The normalized spacial score (nSPS) is 23.8. The minimum atomic E-state index is -3.66. The van der Waals surface area contributed by atoms with Gasteiger partial charge in [0, 0.05) is 20.0 Å². The van der Waals surface area contributed by atoms with Gasteiger partial charge in [0.05, 0.1) is 16.9 Å². The topological polar surface area (TPSA) is 73.5 Å². The molecule has 0 N–H and O–H groups in total. The van der Waals surface area contributed by atoms with Crippen LogP contribution in [0.15, 0.2) is 33.6 Å². The van der Waals surface area contributed by atoms with Crippen LogP contribution < -0.4 is 0 Å². The van der Waals surface area contributed by atoms with Gasteiger partial charge in [-0.15, -0.1) is 4.40 Å². The van der Waals surface area contributed by atoms with Gasteiger partial charge in [-0.25, -0.2) is 0 Å². The van der Waals surface area contributed by atoms with E-state index in [1.165, 1.54) is 6.34 Å². The van der Waals surface area contributed by atoms with Crippen molar-refractivity contribution in [2.75, 3.05) is 14.1 Å². The average molecular weight is 305 g/mol. The van der Waals surface area contributed by atoms with Gasteiger partial charge < -0.3 is 4.90 Å². The SMILES string of the molecule is CN(C)/C=N/S(=O)(=O)c1ccc([C@@H]2[C@@H](C#N)C2(C)C)cc1. The van der Waals surface area contributed by atoms with Gasteiger partial charge in [0.2, 0.25) is 0 Å². The average Bonchev–Trinajstić information content (AvgIpc) is 2.98. The van der Waals surface area contributed by atoms with E-state index in [1.54, 1.807) is 43.3 Å². The molecule has 1 aliphatic carbocycles. The lowest BCUT2D eigenvalue weighted by Crippen LogP contribution is -2.10. The molecule has 0 spiro atoms. The molecular weight excluding hydrogens is 286 g/mol. The third kappa shape index (κ3) is 2.93. The van der Waals surface area contributed by atoms with Crippen LogP contribution in [0.5, 0.6) is 0 Å². The van der Waals surface area contributed by atoms with E-state index in [-0.39, 0.29) is 22.1 Å². The number of hydrogen-bond donors (Lipinski definition) is 0. The molecule has 1 aliphatic rings. The van der Waals surface area contributed by atoms with E-state index in [2.05, 4.69) is 24.3 Å². The van der Waals surface area contributed by atoms with E-state index < -0.39 is 10.0 Å². The Hall–Kier alpha value is -1.87. The first kappa shape index (κ1) is 15.5. The highest BCUT2D eigenvalue weighted by atomic mass is 32.2. The van der Waals surface area contributed by atoms with Crippen molar-refractivity contribution in [2.24, 2.45) is 15.7 Å². The predicted octanol–water partition coefficient (Wildman–Crippen LogP) is 2.23. The summed E-state index contributed by atoms with van der Waals surface area (Å²) >= 11 is 0. The molecule has 112 valence electrons. The molecule has 5 nitrogen and oxygen atoms in total. The fraction of sp³-hybridized carbons (Fsp3) is 0.467. The van der Waals surface area contributed by atoms with Crippen LogP contribution in [0, 0.1) is 22.7 Å². The highest BCUT2D eigenvalue weighted by Crippen LogP contribution is 2.63. The van der Waals surface area contributed by atoms with E-state index in [0.29, 0.717) is 0 Å². The van der Waals surface area contributed by atoms with E-state index in [4.69, 9.17) is 5.26 Å². The summed E-state index contributed by atoms with van der Waals surface area (Å²) in [5, 5.41) is 9.11. The van der Waals surface area contributed by atoms with Crippen molar-refractivity contribution in [1.82, 2.24) is 4.90 Å². The summed E-state index contributed by atoms with van der Waals surface area (Å²) < 4.78 is 27.6. The second-order valence-corrected chi connectivity index (χ2v) is 7.77. The Balaban J connectivity index is 2.23. The maximum absolute atomic E-state index is 12.0. The molecule has 1 aromatic carbocycles. The maximum atomic E-state index is 12.0. The molecule has 0 unspecified atom stereocenters. The second kappa shape index (κ2) is 5.15. The number of nitrogens with zero attached hydrogens (tertiary/aromatic N) is 3. The van der Waals surface area contributed by atoms with Crippen LogP contribution in [-0.4, -0.2) is 33.8 Å². The van der Waals surface area contributed by atoms with Crippen molar-refractivity contribution in [3.63, 3.8) is 0 Å². The van der Waals surface area contributed by atoms with Crippen LogP contribution in [0.2, 0.25) is 0 Å². The van der Waals surface area contributed by atoms with Gasteiger partial charge in [-0.2, -0.15) is 13.7 Å². The maximum Gasteiger partial charge on any atom is 0.283 e. The summed E-state index contributed by atoms with van der Waals surface area (Å²) in [7, 11) is -0.247. The minimum Gasteiger partial charge on any atom is -0.368 e. The Morgan fingerprint density at radius 2 is 1.86 bits per heavy atom. The number of benzene rings is 1. The summed E-state index contributed by atoms with van der Waals surface area (Å²) in [4.78, 5) is 1.73. The molecule has 1 aromatic rings. The third-order valence-electron chi connectivity index (χ3n) is 3.92. The number of sulfonamides is 1. The summed E-state index contributed by atoms with van der Waals surface area (Å²) in [5.41, 5.74) is 0.958. The van der Waals surface area contributed by atoms with Gasteiger partial charge in [-0.05, 0) is 23.1 Å². The van der Waals surface area contributed by atoms with Crippen molar-refractivity contribution >= 4 is 16.4 Å². The van der Waals surface area contributed by atoms with Crippen LogP contribution in [0.1, 0.15) is 25.3 Å². The molecule has 0 radical (unpaired) electrons. The first-order chi connectivity index (χ1) is 9.70. The van der Waals surface area contributed by atoms with Crippen LogP contribution in [0.25, 0.3) is 0 Å². The smallest absolute Gasteiger partial charge is 0.283 e. The fourth-order valence-corrected chi connectivity index (χ4v) is 3.48. The zero-order valence-corrected chi connectivity index (χ0v) is 13.4.